The minimum absolute atomic E-state index is 0.00524. The molecule has 0 amide bonds. The van der Waals surface area contributed by atoms with Crippen LogP contribution in [-0.4, -0.2) is 23.5 Å². The summed E-state index contributed by atoms with van der Waals surface area (Å²) in [5, 5.41) is 8.91. The lowest BCUT2D eigenvalue weighted by atomic mass is 10.1. The molecule has 0 heterocycles. The second-order valence-electron chi connectivity index (χ2n) is 3.04. The fourth-order valence-corrected chi connectivity index (χ4v) is 1.08. The van der Waals surface area contributed by atoms with Crippen LogP contribution < -0.4 is 0 Å². The summed E-state index contributed by atoms with van der Waals surface area (Å²) < 4.78 is 36.6. The Morgan fingerprint density at radius 2 is 1.73 bits per heavy atom. The van der Waals surface area contributed by atoms with Gasteiger partial charge in [-0.2, -0.15) is 0 Å². The van der Waals surface area contributed by atoms with Crippen molar-refractivity contribution in [2.24, 2.45) is 0 Å². The summed E-state index contributed by atoms with van der Waals surface area (Å²) in [5.74, 6) is -1.71. The summed E-state index contributed by atoms with van der Waals surface area (Å²) in [6, 6.07) is 5.35. The molecule has 0 radical (unpaired) electrons. The number of carbonyl (C=O) groups excluding carboxylic acids is 1. The summed E-state index contributed by atoms with van der Waals surface area (Å²) in [4.78, 5) is 10.5. The van der Waals surface area contributed by atoms with Crippen LogP contribution in [0.25, 0.3) is 0 Å². The van der Waals surface area contributed by atoms with E-state index in [1.807, 2.05) is 0 Å². The molecule has 1 atom stereocenters. The van der Waals surface area contributed by atoms with E-state index in [9.17, 15) is 18.0 Å². The molecule has 15 heavy (non-hydrogen) atoms. The third-order valence-electron chi connectivity index (χ3n) is 1.88. The Bertz CT molecular complexity index is 335. The predicted octanol–water partition coefficient (Wildman–Crippen LogP) is 2.11. The number of Topliss-reactive ketones (excluding diaryl/α,β-unsaturated/α-hetero) is 1. The normalized spacial score (nSPS) is 12.8. The van der Waals surface area contributed by atoms with Crippen LogP contribution >= 0.6 is 0 Å². The monoisotopic (exact) mass is 218 g/mol. The van der Waals surface area contributed by atoms with Crippen LogP contribution in [0.3, 0.4) is 0 Å². The zero-order valence-electron chi connectivity index (χ0n) is 7.66. The highest BCUT2D eigenvalue weighted by atomic mass is 19.3. The number of aromatic hydroxyl groups is 1. The molecule has 0 spiro atoms. The van der Waals surface area contributed by atoms with Crippen LogP contribution in [-0.2, 0) is 11.2 Å². The van der Waals surface area contributed by atoms with Gasteiger partial charge in [0.25, 0.3) is 6.43 Å². The number of phenols is 1. The largest absolute Gasteiger partial charge is 0.508 e. The van der Waals surface area contributed by atoms with E-state index in [0.717, 1.165) is 0 Å². The number of hydrogen-bond donors (Lipinski definition) is 1. The van der Waals surface area contributed by atoms with E-state index in [4.69, 9.17) is 5.11 Å². The molecule has 0 aliphatic heterocycles. The van der Waals surface area contributed by atoms with E-state index in [1.54, 1.807) is 0 Å². The Labute approximate surface area is 84.3 Å². The summed E-state index contributed by atoms with van der Waals surface area (Å²) in [5.41, 5.74) is 0.384. The number of benzene rings is 1. The summed E-state index contributed by atoms with van der Waals surface area (Å²) in [6.45, 7) is 0. The zero-order chi connectivity index (χ0) is 11.4. The molecule has 1 aromatic carbocycles. The lowest BCUT2D eigenvalue weighted by Crippen LogP contribution is -2.25. The smallest absolute Gasteiger partial charge is 0.299 e. The van der Waals surface area contributed by atoms with Gasteiger partial charge in [-0.1, -0.05) is 12.1 Å². The molecule has 0 aromatic heterocycles. The third kappa shape index (κ3) is 3.27. The number of halogens is 3. The fraction of sp³-hybridized carbons (Fsp3) is 0.300. The van der Waals surface area contributed by atoms with Crippen LogP contribution in [0, 0.1) is 0 Å². The minimum Gasteiger partial charge on any atom is -0.508 e. The van der Waals surface area contributed by atoms with Gasteiger partial charge < -0.3 is 5.11 Å². The molecule has 82 valence electrons. The molecule has 0 saturated heterocycles. The Morgan fingerprint density at radius 3 is 2.20 bits per heavy atom. The molecule has 2 nitrogen and oxygen atoms in total. The van der Waals surface area contributed by atoms with Gasteiger partial charge >= 0.3 is 0 Å². The maximum atomic E-state index is 12.9. The number of carbonyl (C=O) groups is 1. The molecule has 0 aliphatic rings. The molecule has 0 fully saturated rings. The maximum Gasteiger partial charge on any atom is 0.299 e. The lowest BCUT2D eigenvalue weighted by Gasteiger charge is -2.06. The first-order chi connectivity index (χ1) is 7.00. The number of hydrogen-bond acceptors (Lipinski definition) is 2. The van der Waals surface area contributed by atoms with Gasteiger partial charge in [-0.3, -0.25) is 4.79 Å². The zero-order valence-corrected chi connectivity index (χ0v) is 7.66. The molecular formula is C10H9F3O2. The van der Waals surface area contributed by atoms with Gasteiger partial charge in [0, 0.05) is 6.42 Å². The van der Waals surface area contributed by atoms with Crippen molar-refractivity contribution in [2.75, 3.05) is 0 Å². The molecule has 5 heteroatoms. The highest BCUT2D eigenvalue weighted by Crippen LogP contribution is 2.14. The second-order valence-corrected chi connectivity index (χ2v) is 3.04. The average Bonchev–Trinajstić information content (AvgIpc) is 2.20. The van der Waals surface area contributed by atoms with Gasteiger partial charge in [0.1, 0.15) is 5.75 Å². The summed E-state index contributed by atoms with van der Waals surface area (Å²) in [6.07, 6.45) is -5.88. The molecule has 1 N–H and O–H groups in total. The molecule has 1 rings (SSSR count). The van der Waals surface area contributed by atoms with E-state index in [2.05, 4.69) is 0 Å². The number of rotatable bonds is 4. The van der Waals surface area contributed by atoms with Crippen LogP contribution in [0.15, 0.2) is 24.3 Å². The van der Waals surface area contributed by atoms with Crippen LogP contribution in [0.4, 0.5) is 13.2 Å². The van der Waals surface area contributed by atoms with Crippen LogP contribution in [0.2, 0.25) is 0 Å². The first-order valence-corrected chi connectivity index (χ1v) is 4.24. The van der Waals surface area contributed by atoms with Gasteiger partial charge in [0.05, 0.1) is 0 Å². The highest BCUT2D eigenvalue weighted by Gasteiger charge is 2.26. The fourth-order valence-electron chi connectivity index (χ4n) is 1.08. The molecule has 0 bridgehead atoms. The van der Waals surface area contributed by atoms with Crippen molar-refractivity contribution in [2.45, 2.75) is 19.0 Å². The molecule has 0 aliphatic carbocycles. The second kappa shape index (κ2) is 4.82. The van der Waals surface area contributed by atoms with Crippen LogP contribution in [0.1, 0.15) is 5.56 Å². The Kier molecular flexibility index (Phi) is 3.71. The van der Waals surface area contributed by atoms with Crippen molar-refractivity contribution in [3.8, 4) is 5.75 Å². The first-order valence-electron chi connectivity index (χ1n) is 4.24. The standard InChI is InChI=1S/C10H9F3O2/c11-8(9(15)10(12)13)5-6-1-3-7(14)4-2-6/h1-4,8,10,14H,5H2. The lowest BCUT2D eigenvalue weighted by molar-refractivity contribution is -0.134. The van der Waals surface area contributed by atoms with Gasteiger partial charge in [-0.15, -0.1) is 0 Å². The predicted molar refractivity (Wildman–Crippen MR) is 47.7 cm³/mol. The van der Waals surface area contributed by atoms with Crippen molar-refractivity contribution in [3.63, 3.8) is 0 Å². The Morgan fingerprint density at radius 1 is 1.20 bits per heavy atom. The van der Waals surface area contributed by atoms with Gasteiger partial charge in [-0.05, 0) is 17.7 Å². The SMILES string of the molecule is O=C(C(F)F)C(F)Cc1ccc(O)cc1. The molecule has 0 saturated carbocycles. The minimum atomic E-state index is -3.28. The Hall–Kier alpha value is -1.52. The van der Waals surface area contributed by atoms with E-state index in [0.29, 0.717) is 5.56 Å². The molecular weight excluding hydrogens is 209 g/mol. The maximum absolute atomic E-state index is 12.9. The van der Waals surface area contributed by atoms with Gasteiger partial charge in [0.2, 0.25) is 5.78 Å². The molecule has 1 aromatic rings. The summed E-state index contributed by atoms with van der Waals surface area (Å²) in [7, 11) is 0. The first kappa shape index (κ1) is 11.6. The number of ketones is 1. The van der Waals surface area contributed by atoms with Gasteiger partial charge in [0.15, 0.2) is 6.17 Å². The van der Waals surface area contributed by atoms with Crippen LogP contribution in [0.5, 0.6) is 5.75 Å². The van der Waals surface area contributed by atoms with Crippen molar-refractivity contribution < 1.29 is 23.1 Å². The van der Waals surface area contributed by atoms with Crippen molar-refractivity contribution in [3.05, 3.63) is 29.8 Å². The molecule has 1 unspecified atom stereocenters. The Balaban J connectivity index is 2.62. The van der Waals surface area contributed by atoms with Crippen molar-refractivity contribution >= 4 is 5.78 Å². The quantitative estimate of drug-likeness (QED) is 0.840. The average molecular weight is 218 g/mol. The van der Waals surface area contributed by atoms with Crippen molar-refractivity contribution in [1.82, 2.24) is 0 Å². The van der Waals surface area contributed by atoms with E-state index < -0.39 is 24.8 Å². The van der Waals surface area contributed by atoms with E-state index in [1.165, 1.54) is 24.3 Å². The summed E-state index contributed by atoms with van der Waals surface area (Å²) >= 11 is 0. The van der Waals surface area contributed by atoms with E-state index in [-0.39, 0.29) is 5.75 Å². The van der Waals surface area contributed by atoms with E-state index >= 15 is 0 Å². The third-order valence-corrected chi connectivity index (χ3v) is 1.88. The van der Waals surface area contributed by atoms with Gasteiger partial charge in [-0.25, -0.2) is 13.2 Å². The number of alkyl halides is 3. The number of phenolic OH excluding ortho intramolecular Hbond substituents is 1. The van der Waals surface area contributed by atoms with Crippen molar-refractivity contribution in [1.29, 1.82) is 0 Å². The highest BCUT2D eigenvalue weighted by molar-refractivity contribution is 5.86. The topological polar surface area (TPSA) is 37.3 Å².